The summed E-state index contributed by atoms with van der Waals surface area (Å²) in [7, 11) is 0. The maximum Gasteiger partial charge on any atom is 0.107 e. The van der Waals surface area contributed by atoms with Crippen LogP contribution in [0.2, 0.25) is 0 Å². The van der Waals surface area contributed by atoms with Crippen molar-refractivity contribution < 1.29 is 0 Å². The quantitative estimate of drug-likeness (QED) is 0.752. The second-order valence-corrected chi connectivity index (χ2v) is 7.69. The first kappa shape index (κ1) is 17.6. The average molecular weight is 298 g/mol. The van der Waals surface area contributed by atoms with Gasteiger partial charge in [0.15, 0.2) is 0 Å². The molecule has 0 aliphatic rings. The van der Waals surface area contributed by atoms with Crippen molar-refractivity contribution in [2.45, 2.75) is 60.7 Å². The van der Waals surface area contributed by atoms with Gasteiger partial charge in [0.1, 0.15) is 5.01 Å². The van der Waals surface area contributed by atoms with Crippen LogP contribution in [0.15, 0.2) is 5.38 Å². The van der Waals surface area contributed by atoms with Gasteiger partial charge in [-0.05, 0) is 11.8 Å². The van der Waals surface area contributed by atoms with E-state index in [1.54, 1.807) is 11.3 Å². The molecule has 0 saturated heterocycles. The second kappa shape index (κ2) is 8.75. The number of hydrogen-bond acceptors (Lipinski definition) is 4. The molecule has 1 rings (SSSR count). The highest BCUT2D eigenvalue weighted by Gasteiger charge is 2.12. The molecule has 0 bridgehead atoms. The number of nitrogens with one attached hydrogen (secondary N) is 1. The highest BCUT2D eigenvalue weighted by molar-refractivity contribution is 7.09. The molecule has 0 radical (unpaired) electrons. The van der Waals surface area contributed by atoms with Crippen molar-refractivity contribution in [1.82, 2.24) is 15.2 Å². The van der Waals surface area contributed by atoms with Gasteiger partial charge in [0.05, 0.1) is 5.69 Å². The van der Waals surface area contributed by atoms with Crippen LogP contribution in [-0.4, -0.2) is 29.0 Å². The van der Waals surface area contributed by atoms with Crippen molar-refractivity contribution in [3.63, 3.8) is 0 Å². The van der Waals surface area contributed by atoms with E-state index in [1.807, 2.05) is 0 Å². The third kappa shape index (κ3) is 7.36. The second-order valence-electron chi connectivity index (χ2n) is 6.75. The summed E-state index contributed by atoms with van der Waals surface area (Å²) >= 11 is 1.77. The van der Waals surface area contributed by atoms with Crippen LogP contribution < -0.4 is 5.32 Å². The van der Waals surface area contributed by atoms with Crippen LogP contribution in [0.1, 0.15) is 52.2 Å². The average Bonchev–Trinajstić information content (AvgIpc) is 2.72. The van der Waals surface area contributed by atoms with E-state index >= 15 is 0 Å². The van der Waals surface area contributed by atoms with Crippen molar-refractivity contribution in [1.29, 1.82) is 0 Å². The van der Waals surface area contributed by atoms with E-state index in [4.69, 9.17) is 4.98 Å². The Labute approximate surface area is 128 Å². The maximum absolute atomic E-state index is 4.75. The predicted octanol–water partition coefficient (Wildman–Crippen LogP) is 3.76. The first-order valence-corrected chi connectivity index (χ1v) is 8.63. The van der Waals surface area contributed by atoms with Gasteiger partial charge in [-0.1, -0.05) is 41.5 Å². The van der Waals surface area contributed by atoms with Gasteiger partial charge >= 0.3 is 0 Å². The molecule has 4 heteroatoms. The van der Waals surface area contributed by atoms with Crippen LogP contribution in [0.25, 0.3) is 0 Å². The lowest BCUT2D eigenvalue weighted by Crippen LogP contribution is -2.31. The number of hydrogen-bond donors (Lipinski definition) is 1. The van der Waals surface area contributed by atoms with E-state index in [-0.39, 0.29) is 0 Å². The summed E-state index contributed by atoms with van der Waals surface area (Å²) < 4.78 is 0. The number of aromatic nitrogens is 1. The Bertz CT molecular complexity index is 362. The van der Waals surface area contributed by atoms with Gasteiger partial charge in [-0.15, -0.1) is 11.3 Å². The van der Waals surface area contributed by atoms with Gasteiger partial charge < -0.3 is 5.32 Å². The zero-order chi connectivity index (χ0) is 15.1. The van der Waals surface area contributed by atoms with Crippen LogP contribution in [0, 0.1) is 11.8 Å². The van der Waals surface area contributed by atoms with Gasteiger partial charge in [-0.25, -0.2) is 4.98 Å². The van der Waals surface area contributed by atoms with Crippen molar-refractivity contribution in [3.05, 3.63) is 16.1 Å². The third-order valence-electron chi connectivity index (χ3n) is 2.89. The fourth-order valence-corrected chi connectivity index (χ4v) is 3.00. The van der Waals surface area contributed by atoms with E-state index in [0.29, 0.717) is 17.9 Å². The molecule has 0 aliphatic carbocycles. The van der Waals surface area contributed by atoms with Crippen molar-refractivity contribution in [3.8, 4) is 0 Å². The molecule has 0 aromatic carbocycles. The summed E-state index contributed by atoms with van der Waals surface area (Å²) in [6.07, 6.45) is 0. The van der Waals surface area contributed by atoms with Crippen LogP contribution >= 0.6 is 11.3 Å². The van der Waals surface area contributed by atoms with Crippen LogP contribution in [-0.2, 0) is 13.1 Å². The van der Waals surface area contributed by atoms with Crippen molar-refractivity contribution in [2.75, 3.05) is 13.1 Å². The minimum absolute atomic E-state index is 0.515. The molecule has 20 heavy (non-hydrogen) atoms. The fraction of sp³-hybridized carbons (Fsp3) is 0.812. The molecule has 0 unspecified atom stereocenters. The van der Waals surface area contributed by atoms with Gasteiger partial charge in [0.2, 0.25) is 0 Å². The van der Waals surface area contributed by atoms with Crippen molar-refractivity contribution >= 4 is 11.3 Å². The molecule has 0 spiro atoms. The summed E-state index contributed by atoms with van der Waals surface area (Å²) in [5.74, 6) is 1.41. The Balaban J connectivity index is 2.54. The van der Waals surface area contributed by atoms with Crippen LogP contribution in [0.3, 0.4) is 0 Å². The van der Waals surface area contributed by atoms with E-state index in [2.05, 4.69) is 57.1 Å². The molecule has 3 nitrogen and oxygen atoms in total. The molecule has 0 aliphatic heterocycles. The lowest BCUT2D eigenvalue weighted by atomic mass is 10.1. The highest BCUT2D eigenvalue weighted by Crippen LogP contribution is 2.14. The molecule has 116 valence electrons. The molecule has 0 atom stereocenters. The Kier molecular flexibility index (Phi) is 7.70. The zero-order valence-electron chi connectivity index (χ0n) is 13.9. The molecular formula is C16H31N3S. The lowest BCUT2D eigenvalue weighted by molar-refractivity contribution is 0.209. The summed E-state index contributed by atoms with van der Waals surface area (Å²) in [6.45, 7) is 17.6. The topological polar surface area (TPSA) is 28.2 Å². The zero-order valence-corrected chi connectivity index (χ0v) is 14.8. The van der Waals surface area contributed by atoms with E-state index in [9.17, 15) is 0 Å². The van der Waals surface area contributed by atoms with Crippen molar-refractivity contribution in [2.24, 2.45) is 11.8 Å². The van der Waals surface area contributed by atoms with E-state index in [1.165, 1.54) is 10.7 Å². The summed E-state index contributed by atoms with van der Waals surface area (Å²) in [4.78, 5) is 7.28. The molecule has 0 saturated carbocycles. The normalized spacial score (nSPS) is 12.3. The van der Waals surface area contributed by atoms with Gasteiger partial charge in [-0.2, -0.15) is 0 Å². The van der Waals surface area contributed by atoms with Gasteiger partial charge in [0, 0.05) is 37.6 Å². The van der Waals surface area contributed by atoms with Crippen LogP contribution in [0.5, 0.6) is 0 Å². The molecule has 0 fully saturated rings. The minimum Gasteiger partial charge on any atom is -0.308 e. The molecular weight excluding hydrogens is 266 g/mol. The molecule has 0 amide bonds. The summed E-state index contributed by atoms with van der Waals surface area (Å²) in [5.41, 5.74) is 1.22. The Morgan fingerprint density at radius 2 is 1.70 bits per heavy atom. The Hall–Kier alpha value is -0.450. The summed E-state index contributed by atoms with van der Waals surface area (Å²) in [6, 6.07) is 0.515. The highest BCUT2D eigenvalue weighted by atomic mass is 32.1. The molecule has 1 N–H and O–H groups in total. The smallest absolute Gasteiger partial charge is 0.107 e. The first-order chi connectivity index (χ1) is 9.36. The molecule has 1 heterocycles. The lowest BCUT2D eigenvalue weighted by Gasteiger charge is -2.25. The summed E-state index contributed by atoms with van der Waals surface area (Å²) in [5, 5.41) is 6.84. The van der Waals surface area contributed by atoms with E-state index in [0.717, 1.165) is 26.2 Å². The third-order valence-corrected chi connectivity index (χ3v) is 3.79. The number of rotatable bonds is 9. The standard InChI is InChI=1S/C16H31N3S/c1-12(2)8-19(9-13(3)4)10-15-11-20-16(18-15)7-17-14(5)6/h11-14,17H,7-10H2,1-6H3. The predicted molar refractivity (Wildman–Crippen MR) is 89.0 cm³/mol. The van der Waals surface area contributed by atoms with Crippen LogP contribution in [0.4, 0.5) is 0 Å². The fourth-order valence-electron chi connectivity index (χ4n) is 2.26. The minimum atomic E-state index is 0.515. The largest absolute Gasteiger partial charge is 0.308 e. The van der Waals surface area contributed by atoms with Gasteiger partial charge in [0.25, 0.3) is 0 Å². The van der Waals surface area contributed by atoms with Gasteiger partial charge in [-0.3, -0.25) is 4.90 Å². The first-order valence-electron chi connectivity index (χ1n) is 7.75. The Morgan fingerprint density at radius 3 is 2.20 bits per heavy atom. The number of nitrogens with zero attached hydrogens (tertiary/aromatic N) is 2. The molecule has 1 aromatic heterocycles. The monoisotopic (exact) mass is 297 g/mol. The number of thiazole rings is 1. The maximum atomic E-state index is 4.75. The Morgan fingerprint density at radius 1 is 1.10 bits per heavy atom. The van der Waals surface area contributed by atoms with E-state index < -0.39 is 0 Å². The SMILES string of the molecule is CC(C)CN(Cc1csc(CNC(C)C)n1)CC(C)C. The molecule has 1 aromatic rings.